The molecule has 0 fully saturated rings. The fourth-order valence-corrected chi connectivity index (χ4v) is 3.75. The van der Waals surface area contributed by atoms with E-state index < -0.39 is 29.3 Å². The molecule has 1 aromatic carbocycles. The summed E-state index contributed by atoms with van der Waals surface area (Å²) in [5.74, 6) is -1.50. The van der Waals surface area contributed by atoms with Crippen LogP contribution < -0.4 is 15.0 Å². The molecule has 0 saturated heterocycles. The zero-order chi connectivity index (χ0) is 23.9. The number of hydrogen-bond acceptors (Lipinski definition) is 5. The molecular formula is C22H20F3N5O3. The number of ether oxygens (including phenoxy) is 1. The molecule has 8 nitrogen and oxygen atoms in total. The third kappa shape index (κ3) is 4.13. The van der Waals surface area contributed by atoms with Gasteiger partial charge in [0.15, 0.2) is 0 Å². The summed E-state index contributed by atoms with van der Waals surface area (Å²) in [7, 11) is 1.13. The maximum absolute atomic E-state index is 13.3. The average molecular weight is 459 g/mol. The molecule has 0 unspecified atom stereocenters. The van der Waals surface area contributed by atoms with Crippen LogP contribution in [0.15, 0.2) is 42.9 Å². The third-order valence-electron chi connectivity index (χ3n) is 5.29. The van der Waals surface area contributed by atoms with Crippen molar-refractivity contribution in [2.75, 3.05) is 23.9 Å². The summed E-state index contributed by atoms with van der Waals surface area (Å²) in [5.41, 5.74) is 0.682. The van der Waals surface area contributed by atoms with Gasteiger partial charge in [-0.1, -0.05) is 0 Å². The molecule has 0 saturated carbocycles. The van der Waals surface area contributed by atoms with Gasteiger partial charge in [0.25, 0.3) is 11.8 Å². The van der Waals surface area contributed by atoms with Crippen LogP contribution in [0.4, 0.5) is 24.5 Å². The lowest BCUT2D eigenvalue weighted by molar-refractivity contribution is -0.138. The first-order chi connectivity index (χ1) is 15.6. The monoisotopic (exact) mass is 459 g/mol. The minimum absolute atomic E-state index is 0.0470. The number of hydrogen-bond donors (Lipinski definition) is 1. The van der Waals surface area contributed by atoms with E-state index in [4.69, 9.17) is 4.74 Å². The maximum atomic E-state index is 13.3. The van der Waals surface area contributed by atoms with Crippen molar-refractivity contribution in [3.63, 3.8) is 0 Å². The number of alkyl halides is 3. The molecule has 0 radical (unpaired) electrons. The molecule has 0 aliphatic carbocycles. The van der Waals surface area contributed by atoms with Crippen LogP contribution >= 0.6 is 0 Å². The number of halogens is 3. The maximum Gasteiger partial charge on any atom is 0.419 e. The Balaban J connectivity index is 1.69. The van der Waals surface area contributed by atoms with E-state index in [1.165, 1.54) is 28.0 Å². The molecule has 3 aromatic rings. The Bertz CT molecular complexity index is 1240. The van der Waals surface area contributed by atoms with Gasteiger partial charge >= 0.3 is 6.18 Å². The molecule has 1 aliphatic heterocycles. The molecule has 0 spiro atoms. The van der Waals surface area contributed by atoms with E-state index in [0.29, 0.717) is 5.69 Å². The quantitative estimate of drug-likeness (QED) is 0.635. The van der Waals surface area contributed by atoms with E-state index in [2.05, 4.69) is 15.4 Å². The first kappa shape index (κ1) is 22.3. The number of anilines is 2. The Morgan fingerprint density at radius 1 is 1.21 bits per heavy atom. The van der Waals surface area contributed by atoms with Gasteiger partial charge in [-0.15, -0.1) is 0 Å². The molecule has 2 amide bonds. The second kappa shape index (κ2) is 8.23. The number of methoxy groups -OCH3 is 1. The fraction of sp³-hybridized carbons (Fsp3) is 0.273. The molecule has 33 heavy (non-hydrogen) atoms. The van der Waals surface area contributed by atoms with Crippen LogP contribution in [-0.4, -0.2) is 40.2 Å². The highest BCUT2D eigenvalue weighted by atomic mass is 19.4. The van der Waals surface area contributed by atoms with Crippen molar-refractivity contribution >= 4 is 23.2 Å². The Hall–Kier alpha value is -3.89. The number of pyridine rings is 1. The van der Waals surface area contributed by atoms with Gasteiger partial charge in [0.05, 0.1) is 42.4 Å². The number of aromatic nitrogens is 3. The lowest BCUT2D eigenvalue weighted by Gasteiger charge is -2.32. The van der Waals surface area contributed by atoms with Gasteiger partial charge in [0.2, 0.25) is 0 Å². The number of benzene rings is 1. The summed E-state index contributed by atoms with van der Waals surface area (Å²) in [4.78, 5) is 31.6. The Labute approximate surface area is 187 Å². The summed E-state index contributed by atoms with van der Waals surface area (Å²) in [6, 6.07) is 4.65. The number of aryl methyl sites for hydroxylation is 1. The first-order valence-corrected chi connectivity index (χ1v) is 9.97. The van der Waals surface area contributed by atoms with E-state index in [0.717, 1.165) is 24.8 Å². The minimum atomic E-state index is -4.60. The summed E-state index contributed by atoms with van der Waals surface area (Å²) in [5, 5.41) is 6.89. The van der Waals surface area contributed by atoms with Crippen LogP contribution in [0.5, 0.6) is 5.75 Å². The van der Waals surface area contributed by atoms with Gasteiger partial charge in [0.1, 0.15) is 11.4 Å². The summed E-state index contributed by atoms with van der Waals surface area (Å²) < 4.78 is 46.0. The van der Waals surface area contributed by atoms with E-state index in [1.54, 1.807) is 19.2 Å². The molecule has 1 aliphatic rings. The van der Waals surface area contributed by atoms with Crippen LogP contribution in [0.25, 0.3) is 0 Å². The number of nitrogens with zero attached hydrogens (tertiary/aromatic N) is 4. The van der Waals surface area contributed by atoms with Crippen LogP contribution in [0.1, 0.15) is 44.9 Å². The zero-order valence-corrected chi connectivity index (χ0v) is 18.0. The summed E-state index contributed by atoms with van der Waals surface area (Å²) >= 11 is 0. The van der Waals surface area contributed by atoms with Crippen molar-refractivity contribution in [3.8, 4) is 5.75 Å². The van der Waals surface area contributed by atoms with Crippen LogP contribution in [0, 0.1) is 6.92 Å². The Kier molecular flexibility index (Phi) is 5.56. The summed E-state index contributed by atoms with van der Waals surface area (Å²) in [6.07, 6.45) is -0.179. The number of nitrogens with one attached hydrogen (secondary N) is 1. The van der Waals surface area contributed by atoms with Gasteiger partial charge in [-0.05, 0) is 37.6 Å². The van der Waals surface area contributed by atoms with E-state index in [-0.39, 0.29) is 29.5 Å². The van der Waals surface area contributed by atoms with Crippen molar-refractivity contribution in [1.29, 1.82) is 0 Å². The largest absolute Gasteiger partial charge is 0.496 e. The lowest BCUT2D eigenvalue weighted by Crippen LogP contribution is -2.43. The number of fused-ring (bicyclic) bond motifs is 1. The highest BCUT2D eigenvalue weighted by molar-refractivity contribution is 6.15. The molecule has 172 valence electrons. The van der Waals surface area contributed by atoms with Gasteiger partial charge in [-0.3, -0.25) is 19.3 Å². The molecular weight excluding hydrogens is 439 g/mol. The fourth-order valence-electron chi connectivity index (χ4n) is 3.75. The van der Waals surface area contributed by atoms with Gasteiger partial charge < -0.3 is 15.0 Å². The van der Waals surface area contributed by atoms with Crippen molar-refractivity contribution in [2.45, 2.75) is 26.1 Å². The predicted molar refractivity (Wildman–Crippen MR) is 114 cm³/mol. The zero-order valence-electron chi connectivity index (χ0n) is 18.0. The van der Waals surface area contributed by atoms with Crippen molar-refractivity contribution in [2.24, 2.45) is 0 Å². The lowest BCUT2D eigenvalue weighted by atomic mass is 10.1. The first-order valence-electron chi connectivity index (χ1n) is 9.97. The standard InChI is InChI=1S/C22H20F3N5O3/c1-12-6-14(9-26-8-12)28-20(31)16-10-27-30-13(2)11-29(21(32)19(16)30)15-4-5-17(22(23,24)25)18(7-15)33-3/h4-10,13H,11H2,1-3H3,(H,28,31)/t13-/m0/s1. The average Bonchev–Trinajstić information content (AvgIpc) is 3.21. The summed E-state index contributed by atoms with van der Waals surface area (Å²) in [6.45, 7) is 3.78. The minimum Gasteiger partial charge on any atom is -0.496 e. The molecule has 11 heteroatoms. The Morgan fingerprint density at radius 3 is 2.64 bits per heavy atom. The van der Waals surface area contributed by atoms with Crippen molar-refractivity contribution in [1.82, 2.24) is 14.8 Å². The highest BCUT2D eigenvalue weighted by Gasteiger charge is 2.38. The second-order valence-electron chi connectivity index (χ2n) is 7.70. The number of carbonyl (C=O) groups excluding carboxylic acids is 2. The van der Waals surface area contributed by atoms with Crippen LogP contribution in [-0.2, 0) is 6.18 Å². The molecule has 1 atom stereocenters. The molecule has 0 bridgehead atoms. The van der Waals surface area contributed by atoms with E-state index in [9.17, 15) is 22.8 Å². The molecule has 4 rings (SSSR count). The topological polar surface area (TPSA) is 89.3 Å². The molecule has 1 N–H and O–H groups in total. The van der Waals surface area contributed by atoms with Crippen molar-refractivity contribution in [3.05, 3.63) is 65.2 Å². The second-order valence-corrected chi connectivity index (χ2v) is 7.70. The van der Waals surface area contributed by atoms with Gasteiger partial charge in [-0.25, -0.2) is 0 Å². The third-order valence-corrected chi connectivity index (χ3v) is 5.29. The number of rotatable bonds is 4. The van der Waals surface area contributed by atoms with E-state index >= 15 is 0 Å². The SMILES string of the molecule is COc1cc(N2C[C@H](C)n3ncc(C(=O)Nc4cncc(C)c4)c3C2=O)ccc1C(F)(F)F. The number of amides is 2. The predicted octanol–water partition coefficient (Wildman–Crippen LogP) is 4.09. The van der Waals surface area contributed by atoms with Gasteiger partial charge in [-0.2, -0.15) is 18.3 Å². The Morgan fingerprint density at radius 2 is 1.97 bits per heavy atom. The smallest absolute Gasteiger partial charge is 0.419 e. The normalized spacial score (nSPS) is 15.9. The van der Waals surface area contributed by atoms with Crippen LogP contribution in [0.3, 0.4) is 0 Å². The highest BCUT2D eigenvalue weighted by Crippen LogP contribution is 2.39. The van der Waals surface area contributed by atoms with Crippen molar-refractivity contribution < 1.29 is 27.5 Å². The molecule has 3 heterocycles. The molecule has 2 aromatic heterocycles. The number of carbonyl (C=O) groups is 2. The van der Waals surface area contributed by atoms with Gasteiger partial charge in [0, 0.05) is 24.5 Å². The van der Waals surface area contributed by atoms with E-state index in [1.807, 2.05) is 6.92 Å². The van der Waals surface area contributed by atoms with Crippen LogP contribution in [0.2, 0.25) is 0 Å².